The van der Waals surface area contributed by atoms with E-state index >= 15 is 0 Å². The van der Waals surface area contributed by atoms with Crippen molar-refractivity contribution in [1.29, 1.82) is 0 Å². The Labute approximate surface area is 101 Å². The van der Waals surface area contributed by atoms with Crippen LogP contribution < -0.4 is 0 Å². The average Bonchev–Trinajstić information content (AvgIpc) is 2.28. The van der Waals surface area contributed by atoms with Crippen LogP contribution in [0.1, 0.15) is 71.6 Å². The van der Waals surface area contributed by atoms with Crippen LogP contribution in [-0.2, 0) is 0 Å². The normalized spacial score (nSPS) is 24.3. The summed E-state index contributed by atoms with van der Waals surface area (Å²) < 4.78 is 0. The van der Waals surface area contributed by atoms with Crippen molar-refractivity contribution in [3.8, 4) is 0 Å². The van der Waals surface area contributed by atoms with Gasteiger partial charge in [-0.2, -0.15) is 0 Å². The first-order valence-electron chi connectivity index (χ1n) is 7.01. The maximum Gasteiger partial charge on any atom is 0.0619 e. The molecule has 0 aliphatic heterocycles. The van der Waals surface area contributed by atoms with Crippen LogP contribution in [0.3, 0.4) is 0 Å². The number of rotatable bonds is 7. The van der Waals surface area contributed by atoms with E-state index in [0.717, 1.165) is 18.8 Å². The lowest BCUT2D eigenvalue weighted by atomic mass is 9.84. The van der Waals surface area contributed by atoms with E-state index in [1.165, 1.54) is 44.9 Å². The second-order valence-electron chi connectivity index (χ2n) is 5.64. The summed E-state index contributed by atoms with van der Waals surface area (Å²) in [6.45, 7) is 4.23. The highest BCUT2D eigenvalue weighted by atomic mass is 16.3. The molecule has 0 radical (unpaired) electrons. The SMILES string of the molecule is CCCCCC(C)(O)CCC1CC=CCC1. The van der Waals surface area contributed by atoms with Gasteiger partial charge in [-0.15, -0.1) is 0 Å². The molecule has 0 amide bonds. The van der Waals surface area contributed by atoms with Crippen LogP contribution in [0.2, 0.25) is 0 Å². The molecule has 1 rings (SSSR count). The highest BCUT2D eigenvalue weighted by Gasteiger charge is 2.21. The Hall–Kier alpha value is -0.300. The molecule has 1 nitrogen and oxygen atoms in total. The Morgan fingerprint density at radius 3 is 2.69 bits per heavy atom. The number of hydrogen-bond acceptors (Lipinski definition) is 1. The minimum Gasteiger partial charge on any atom is -0.390 e. The van der Waals surface area contributed by atoms with Gasteiger partial charge in [-0.1, -0.05) is 38.3 Å². The number of allylic oxidation sites excluding steroid dienone is 2. The Kier molecular flexibility index (Phi) is 6.12. The van der Waals surface area contributed by atoms with E-state index in [2.05, 4.69) is 19.1 Å². The molecule has 1 aliphatic carbocycles. The molecule has 0 bridgehead atoms. The summed E-state index contributed by atoms with van der Waals surface area (Å²) >= 11 is 0. The molecule has 0 aromatic rings. The fourth-order valence-electron chi connectivity index (χ4n) is 2.51. The topological polar surface area (TPSA) is 20.2 Å². The summed E-state index contributed by atoms with van der Waals surface area (Å²) in [6, 6.07) is 0. The van der Waals surface area contributed by atoms with Gasteiger partial charge in [0, 0.05) is 0 Å². The van der Waals surface area contributed by atoms with Crippen LogP contribution in [0.4, 0.5) is 0 Å². The summed E-state index contributed by atoms with van der Waals surface area (Å²) in [5.41, 5.74) is -0.420. The highest BCUT2D eigenvalue weighted by Crippen LogP contribution is 2.28. The predicted molar refractivity (Wildman–Crippen MR) is 70.5 cm³/mol. The molecule has 0 aromatic heterocycles. The molecule has 2 atom stereocenters. The van der Waals surface area contributed by atoms with Gasteiger partial charge in [0.25, 0.3) is 0 Å². The van der Waals surface area contributed by atoms with Crippen LogP contribution in [0.25, 0.3) is 0 Å². The van der Waals surface area contributed by atoms with Gasteiger partial charge in [0.15, 0.2) is 0 Å². The minimum atomic E-state index is -0.420. The van der Waals surface area contributed by atoms with Crippen LogP contribution in [0.15, 0.2) is 12.2 Å². The van der Waals surface area contributed by atoms with Crippen LogP contribution >= 0.6 is 0 Å². The quantitative estimate of drug-likeness (QED) is 0.500. The third kappa shape index (κ3) is 5.69. The second kappa shape index (κ2) is 7.11. The van der Waals surface area contributed by atoms with E-state index in [4.69, 9.17) is 0 Å². The van der Waals surface area contributed by atoms with E-state index in [1.807, 2.05) is 6.92 Å². The predicted octanol–water partition coefficient (Wildman–Crippen LogP) is 4.45. The van der Waals surface area contributed by atoms with Gasteiger partial charge >= 0.3 is 0 Å². The van der Waals surface area contributed by atoms with Crippen molar-refractivity contribution in [3.63, 3.8) is 0 Å². The van der Waals surface area contributed by atoms with Gasteiger partial charge in [-0.25, -0.2) is 0 Å². The van der Waals surface area contributed by atoms with Gasteiger partial charge in [-0.3, -0.25) is 0 Å². The van der Waals surface area contributed by atoms with Crippen LogP contribution in [0.5, 0.6) is 0 Å². The molecule has 16 heavy (non-hydrogen) atoms. The smallest absolute Gasteiger partial charge is 0.0619 e. The van der Waals surface area contributed by atoms with Gasteiger partial charge in [-0.05, 0) is 51.4 Å². The van der Waals surface area contributed by atoms with Crippen molar-refractivity contribution in [2.75, 3.05) is 0 Å². The Bertz CT molecular complexity index is 205. The van der Waals surface area contributed by atoms with E-state index in [9.17, 15) is 5.11 Å². The summed E-state index contributed by atoms with van der Waals surface area (Å²) in [4.78, 5) is 0. The van der Waals surface area contributed by atoms with Crippen molar-refractivity contribution < 1.29 is 5.11 Å². The van der Waals surface area contributed by atoms with Crippen molar-refractivity contribution in [2.24, 2.45) is 5.92 Å². The lowest BCUT2D eigenvalue weighted by Gasteiger charge is -2.26. The molecule has 0 saturated heterocycles. The molecule has 1 N–H and O–H groups in total. The molecular formula is C15H28O. The zero-order valence-electron chi connectivity index (χ0n) is 11.0. The Morgan fingerprint density at radius 1 is 1.25 bits per heavy atom. The van der Waals surface area contributed by atoms with Crippen LogP contribution in [0, 0.1) is 5.92 Å². The largest absolute Gasteiger partial charge is 0.390 e. The van der Waals surface area contributed by atoms with Crippen molar-refractivity contribution in [2.45, 2.75) is 77.2 Å². The average molecular weight is 224 g/mol. The molecule has 0 saturated carbocycles. The zero-order valence-corrected chi connectivity index (χ0v) is 11.0. The minimum absolute atomic E-state index is 0.420. The molecular weight excluding hydrogens is 196 g/mol. The molecule has 0 spiro atoms. The van der Waals surface area contributed by atoms with Gasteiger partial charge in [0.05, 0.1) is 5.60 Å². The maximum atomic E-state index is 10.3. The molecule has 0 heterocycles. The summed E-state index contributed by atoms with van der Waals surface area (Å²) in [5.74, 6) is 0.822. The molecule has 0 aromatic carbocycles. The number of unbranched alkanes of at least 4 members (excludes halogenated alkanes) is 2. The monoisotopic (exact) mass is 224 g/mol. The van der Waals surface area contributed by atoms with E-state index in [1.54, 1.807) is 0 Å². The van der Waals surface area contributed by atoms with Gasteiger partial charge in [0.2, 0.25) is 0 Å². The first-order chi connectivity index (χ1) is 7.64. The highest BCUT2D eigenvalue weighted by molar-refractivity contribution is 4.90. The lowest BCUT2D eigenvalue weighted by molar-refractivity contribution is 0.0325. The molecule has 1 heteroatoms. The molecule has 94 valence electrons. The molecule has 2 unspecified atom stereocenters. The first-order valence-corrected chi connectivity index (χ1v) is 7.01. The van der Waals surface area contributed by atoms with Gasteiger partial charge < -0.3 is 5.11 Å². The van der Waals surface area contributed by atoms with Crippen molar-refractivity contribution >= 4 is 0 Å². The maximum absolute atomic E-state index is 10.3. The van der Waals surface area contributed by atoms with Crippen molar-refractivity contribution in [1.82, 2.24) is 0 Å². The van der Waals surface area contributed by atoms with E-state index in [0.29, 0.717) is 0 Å². The Balaban J connectivity index is 2.16. The third-order valence-corrected chi connectivity index (χ3v) is 3.79. The second-order valence-corrected chi connectivity index (χ2v) is 5.64. The van der Waals surface area contributed by atoms with E-state index in [-0.39, 0.29) is 0 Å². The number of hydrogen-bond donors (Lipinski definition) is 1. The fraction of sp³-hybridized carbons (Fsp3) is 0.867. The zero-order chi connectivity index (χ0) is 11.9. The third-order valence-electron chi connectivity index (χ3n) is 3.79. The molecule has 1 aliphatic rings. The standard InChI is InChI=1S/C15H28O/c1-3-4-8-12-15(2,16)13-11-14-9-6-5-7-10-14/h5-6,14,16H,3-4,7-13H2,1-2H3. The summed E-state index contributed by atoms with van der Waals surface area (Å²) in [6.07, 6.45) is 15.2. The lowest BCUT2D eigenvalue weighted by Crippen LogP contribution is -2.25. The van der Waals surface area contributed by atoms with E-state index < -0.39 is 5.60 Å². The number of aliphatic hydroxyl groups is 1. The summed E-state index contributed by atoms with van der Waals surface area (Å²) in [5, 5.41) is 10.3. The molecule has 0 fully saturated rings. The first kappa shape index (κ1) is 13.8. The summed E-state index contributed by atoms with van der Waals surface area (Å²) in [7, 11) is 0. The fourth-order valence-corrected chi connectivity index (χ4v) is 2.51. The van der Waals surface area contributed by atoms with Crippen LogP contribution in [-0.4, -0.2) is 10.7 Å². The van der Waals surface area contributed by atoms with Gasteiger partial charge in [0.1, 0.15) is 0 Å². The Morgan fingerprint density at radius 2 is 2.06 bits per heavy atom. The van der Waals surface area contributed by atoms with Crippen molar-refractivity contribution in [3.05, 3.63) is 12.2 Å².